The van der Waals surface area contributed by atoms with Gasteiger partial charge < -0.3 is 9.84 Å². The molecule has 5 nitrogen and oxygen atoms in total. The summed E-state index contributed by atoms with van der Waals surface area (Å²) in [6.45, 7) is 3.99. The number of amides is 1. The maximum absolute atomic E-state index is 12.1. The predicted octanol–water partition coefficient (Wildman–Crippen LogP) is 4.58. The lowest BCUT2D eigenvalue weighted by Gasteiger charge is -2.06. The van der Waals surface area contributed by atoms with Gasteiger partial charge in [-0.3, -0.25) is 4.79 Å². The van der Waals surface area contributed by atoms with E-state index in [2.05, 4.69) is 21.5 Å². The average Bonchev–Trinajstić information content (AvgIpc) is 3.01. The highest BCUT2D eigenvalue weighted by molar-refractivity contribution is 6.33. The number of hydrogen-bond donors (Lipinski definition) is 1. The van der Waals surface area contributed by atoms with Crippen LogP contribution in [0.4, 0.5) is 5.69 Å². The molecule has 0 unspecified atom stereocenters. The molecule has 0 aliphatic heterocycles. The van der Waals surface area contributed by atoms with Gasteiger partial charge in [0.2, 0.25) is 17.6 Å². The summed E-state index contributed by atoms with van der Waals surface area (Å²) in [5.74, 6) is 0.739. The SMILES string of the molecule is Cc1cc(C)cc(NC(=O)CCc2nc(-c3ccccc3Cl)no2)c1. The van der Waals surface area contributed by atoms with Crippen molar-refractivity contribution in [1.82, 2.24) is 10.1 Å². The zero-order valence-electron chi connectivity index (χ0n) is 14.0. The van der Waals surface area contributed by atoms with Crippen molar-refractivity contribution in [1.29, 1.82) is 0 Å². The fraction of sp³-hybridized carbons (Fsp3) is 0.211. The Bertz CT molecular complexity index is 885. The minimum Gasteiger partial charge on any atom is -0.339 e. The molecule has 0 bridgehead atoms. The van der Waals surface area contributed by atoms with E-state index in [0.717, 1.165) is 16.8 Å². The fourth-order valence-corrected chi connectivity index (χ4v) is 2.82. The van der Waals surface area contributed by atoms with Gasteiger partial charge in [0.05, 0.1) is 5.02 Å². The van der Waals surface area contributed by atoms with Crippen LogP contribution in [0.3, 0.4) is 0 Å². The lowest BCUT2D eigenvalue weighted by atomic mass is 10.1. The molecule has 0 fully saturated rings. The van der Waals surface area contributed by atoms with Crippen LogP contribution in [0.15, 0.2) is 47.0 Å². The monoisotopic (exact) mass is 355 g/mol. The highest BCUT2D eigenvalue weighted by Crippen LogP contribution is 2.25. The summed E-state index contributed by atoms with van der Waals surface area (Å²) < 4.78 is 5.21. The average molecular weight is 356 g/mol. The summed E-state index contributed by atoms with van der Waals surface area (Å²) in [4.78, 5) is 16.4. The first-order valence-electron chi connectivity index (χ1n) is 7.97. The summed E-state index contributed by atoms with van der Waals surface area (Å²) in [7, 11) is 0. The third-order valence-electron chi connectivity index (χ3n) is 3.65. The minimum absolute atomic E-state index is 0.0949. The predicted molar refractivity (Wildman–Crippen MR) is 97.6 cm³/mol. The number of anilines is 1. The van der Waals surface area contributed by atoms with Gasteiger partial charge in [-0.25, -0.2) is 0 Å². The van der Waals surface area contributed by atoms with Gasteiger partial charge >= 0.3 is 0 Å². The second kappa shape index (κ2) is 7.49. The van der Waals surface area contributed by atoms with Crippen molar-refractivity contribution in [3.05, 3.63) is 64.5 Å². The summed E-state index contributed by atoms with van der Waals surface area (Å²) in [5.41, 5.74) is 3.72. The number of benzene rings is 2. The molecule has 0 saturated carbocycles. The van der Waals surface area contributed by atoms with Crippen LogP contribution in [0.5, 0.6) is 0 Å². The Balaban J connectivity index is 1.60. The molecule has 1 amide bonds. The summed E-state index contributed by atoms with van der Waals surface area (Å²) in [6.07, 6.45) is 0.630. The van der Waals surface area contributed by atoms with E-state index in [-0.39, 0.29) is 12.3 Å². The standard InChI is InChI=1S/C19H18ClN3O2/c1-12-9-13(2)11-14(10-12)21-17(24)7-8-18-22-19(23-25-18)15-5-3-4-6-16(15)20/h3-6,9-11H,7-8H2,1-2H3,(H,21,24). The van der Waals surface area contributed by atoms with E-state index >= 15 is 0 Å². The zero-order chi connectivity index (χ0) is 17.8. The van der Waals surface area contributed by atoms with E-state index in [1.807, 2.05) is 44.2 Å². The van der Waals surface area contributed by atoms with Crippen molar-refractivity contribution in [2.24, 2.45) is 0 Å². The third-order valence-corrected chi connectivity index (χ3v) is 3.98. The van der Waals surface area contributed by atoms with Crippen LogP contribution in [-0.2, 0) is 11.2 Å². The fourth-order valence-electron chi connectivity index (χ4n) is 2.60. The summed E-state index contributed by atoms with van der Waals surface area (Å²) in [5, 5.41) is 7.38. The number of nitrogens with one attached hydrogen (secondary N) is 1. The number of hydrogen-bond acceptors (Lipinski definition) is 4. The first kappa shape index (κ1) is 17.2. The Hall–Kier alpha value is -2.66. The van der Waals surface area contributed by atoms with Gasteiger partial charge in [0.15, 0.2) is 0 Å². The normalized spacial score (nSPS) is 10.7. The van der Waals surface area contributed by atoms with Gasteiger partial charge in [0.25, 0.3) is 0 Å². The maximum atomic E-state index is 12.1. The van der Waals surface area contributed by atoms with Crippen molar-refractivity contribution in [2.75, 3.05) is 5.32 Å². The Morgan fingerprint density at radius 2 is 1.88 bits per heavy atom. The van der Waals surface area contributed by atoms with Gasteiger partial charge in [-0.15, -0.1) is 0 Å². The molecule has 128 valence electrons. The van der Waals surface area contributed by atoms with Crippen LogP contribution in [-0.4, -0.2) is 16.0 Å². The number of carbonyl (C=O) groups excluding carboxylic acids is 1. The second-order valence-corrected chi connectivity index (χ2v) is 6.32. The van der Waals surface area contributed by atoms with Crippen molar-refractivity contribution in [2.45, 2.75) is 26.7 Å². The molecule has 1 aromatic heterocycles. The van der Waals surface area contributed by atoms with Crippen molar-refractivity contribution in [3.63, 3.8) is 0 Å². The van der Waals surface area contributed by atoms with Crippen LogP contribution in [0, 0.1) is 13.8 Å². The Kier molecular flexibility index (Phi) is 5.14. The molecule has 3 aromatic rings. The van der Waals surface area contributed by atoms with Crippen LogP contribution >= 0.6 is 11.6 Å². The minimum atomic E-state index is -0.0949. The molecule has 25 heavy (non-hydrogen) atoms. The van der Waals surface area contributed by atoms with Crippen LogP contribution in [0.2, 0.25) is 5.02 Å². The van der Waals surface area contributed by atoms with E-state index in [1.54, 1.807) is 6.07 Å². The van der Waals surface area contributed by atoms with Crippen molar-refractivity contribution in [3.8, 4) is 11.4 Å². The Morgan fingerprint density at radius 3 is 2.60 bits per heavy atom. The molecule has 2 aromatic carbocycles. The molecule has 1 heterocycles. The Morgan fingerprint density at radius 1 is 1.16 bits per heavy atom. The third kappa shape index (κ3) is 4.45. The molecule has 6 heteroatoms. The number of aromatic nitrogens is 2. The highest BCUT2D eigenvalue weighted by Gasteiger charge is 2.13. The molecular formula is C19H18ClN3O2. The van der Waals surface area contributed by atoms with Crippen molar-refractivity contribution >= 4 is 23.2 Å². The molecule has 0 aliphatic carbocycles. The van der Waals surface area contributed by atoms with Gasteiger partial charge in [-0.05, 0) is 49.2 Å². The van der Waals surface area contributed by atoms with Crippen LogP contribution in [0.1, 0.15) is 23.4 Å². The zero-order valence-corrected chi connectivity index (χ0v) is 14.8. The van der Waals surface area contributed by atoms with Gasteiger partial charge in [0.1, 0.15) is 0 Å². The van der Waals surface area contributed by atoms with E-state index in [4.69, 9.17) is 16.1 Å². The Labute approximate surface area is 151 Å². The topological polar surface area (TPSA) is 68.0 Å². The first-order chi connectivity index (χ1) is 12.0. The first-order valence-corrected chi connectivity index (χ1v) is 8.35. The van der Waals surface area contributed by atoms with Crippen LogP contribution in [0.25, 0.3) is 11.4 Å². The maximum Gasteiger partial charge on any atom is 0.227 e. The van der Waals surface area contributed by atoms with Crippen LogP contribution < -0.4 is 5.32 Å². The number of carbonyl (C=O) groups is 1. The van der Waals surface area contributed by atoms with E-state index in [0.29, 0.717) is 28.7 Å². The molecule has 0 radical (unpaired) electrons. The molecule has 0 spiro atoms. The molecular weight excluding hydrogens is 338 g/mol. The van der Waals surface area contributed by atoms with Gasteiger partial charge in [-0.1, -0.05) is 35.0 Å². The number of nitrogens with zero attached hydrogens (tertiary/aromatic N) is 2. The highest BCUT2D eigenvalue weighted by atomic mass is 35.5. The number of halogens is 1. The van der Waals surface area contributed by atoms with E-state index in [1.165, 1.54) is 0 Å². The molecule has 0 saturated heterocycles. The molecule has 0 atom stereocenters. The molecule has 3 rings (SSSR count). The largest absolute Gasteiger partial charge is 0.339 e. The second-order valence-electron chi connectivity index (χ2n) is 5.92. The lowest BCUT2D eigenvalue weighted by molar-refractivity contribution is -0.116. The van der Waals surface area contributed by atoms with E-state index < -0.39 is 0 Å². The van der Waals surface area contributed by atoms with Gasteiger partial charge in [0, 0.05) is 24.1 Å². The summed E-state index contributed by atoms with van der Waals surface area (Å²) in [6, 6.07) is 13.2. The van der Waals surface area contributed by atoms with E-state index in [9.17, 15) is 4.79 Å². The quantitative estimate of drug-likeness (QED) is 0.727. The smallest absolute Gasteiger partial charge is 0.227 e. The lowest BCUT2D eigenvalue weighted by Crippen LogP contribution is -2.12. The van der Waals surface area contributed by atoms with Crippen molar-refractivity contribution < 1.29 is 9.32 Å². The number of rotatable bonds is 5. The molecule has 1 N–H and O–H groups in total. The van der Waals surface area contributed by atoms with Gasteiger partial charge in [-0.2, -0.15) is 4.98 Å². The molecule has 0 aliphatic rings. The number of aryl methyl sites for hydroxylation is 3. The summed E-state index contributed by atoms with van der Waals surface area (Å²) >= 11 is 6.13.